The molecule has 120 valence electrons. The Morgan fingerprint density at radius 1 is 1.38 bits per heavy atom. The number of ether oxygens (including phenoxy) is 3. The summed E-state index contributed by atoms with van der Waals surface area (Å²) in [6, 6.07) is 0. The molecule has 1 saturated heterocycles. The summed E-state index contributed by atoms with van der Waals surface area (Å²) in [5, 5.41) is 0. The molecule has 0 aromatic heterocycles. The Bertz CT molecular complexity index is 440. The van der Waals surface area contributed by atoms with E-state index >= 15 is 0 Å². The summed E-state index contributed by atoms with van der Waals surface area (Å²) in [6.45, 7) is 4.93. The minimum absolute atomic E-state index is 0.0162. The summed E-state index contributed by atoms with van der Waals surface area (Å²) in [4.78, 5) is 26.2. The van der Waals surface area contributed by atoms with Gasteiger partial charge in [0.15, 0.2) is 0 Å². The first-order valence-electron chi connectivity index (χ1n) is 7.55. The summed E-state index contributed by atoms with van der Waals surface area (Å²) < 4.78 is 16.9. The molecule has 2 bridgehead atoms. The molecule has 2 saturated carbocycles. The molecule has 3 aliphatic rings. The van der Waals surface area contributed by atoms with Crippen molar-refractivity contribution in [3.05, 3.63) is 0 Å². The molecule has 0 spiro atoms. The van der Waals surface area contributed by atoms with E-state index in [2.05, 4.69) is 4.93 Å². The fourth-order valence-corrected chi connectivity index (χ4v) is 4.81. The van der Waals surface area contributed by atoms with Crippen molar-refractivity contribution in [2.45, 2.75) is 36.4 Å². The van der Waals surface area contributed by atoms with Crippen molar-refractivity contribution in [1.29, 1.82) is 0 Å². The number of cyclic esters (lactones) is 1. The zero-order valence-electron chi connectivity index (χ0n) is 12.6. The second-order valence-electron chi connectivity index (χ2n) is 6.04. The number of carbonyl (C=O) groups is 2. The van der Waals surface area contributed by atoms with Gasteiger partial charge in [0.2, 0.25) is 0 Å². The maximum atomic E-state index is 12.2. The van der Waals surface area contributed by atoms with Crippen molar-refractivity contribution in [3.63, 3.8) is 0 Å². The number of hydrogen-bond acceptors (Lipinski definition) is 5. The second-order valence-corrected chi connectivity index (χ2v) is 9.15. The summed E-state index contributed by atoms with van der Waals surface area (Å²) in [6.07, 6.45) is 0.581. The number of carbonyl (C=O) groups excluding carboxylic acids is 2. The molecule has 0 aromatic rings. The molecule has 2 aliphatic carbocycles. The van der Waals surface area contributed by atoms with Crippen LogP contribution in [0.1, 0.15) is 20.3 Å². The number of esters is 2. The zero-order chi connectivity index (χ0) is 15.1. The van der Waals surface area contributed by atoms with E-state index in [-0.39, 0.29) is 72.9 Å². The molecule has 7 atom stereocenters. The van der Waals surface area contributed by atoms with Gasteiger partial charge in [-0.2, -0.15) is 0 Å². The summed E-state index contributed by atoms with van der Waals surface area (Å²) in [5.74, 6) is 0.346. The maximum absolute atomic E-state index is 12.2. The summed E-state index contributed by atoms with van der Waals surface area (Å²) >= 11 is -0.162. The van der Waals surface area contributed by atoms with E-state index in [0.717, 1.165) is 6.42 Å². The van der Waals surface area contributed by atoms with Gasteiger partial charge in [-0.1, -0.05) is 0 Å². The molecule has 5 nitrogen and oxygen atoms in total. The molecule has 3 fully saturated rings. The van der Waals surface area contributed by atoms with Crippen LogP contribution in [0.4, 0.5) is 0 Å². The van der Waals surface area contributed by atoms with Gasteiger partial charge in [-0.05, 0) is 0 Å². The van der Waals surface area contributed by atoms with Crippen LogP contribution in [0.15, 0.2) is 0 Å². The number of alkyl halides is 2. The fourth-order valence-electron chi connectivity index (χ4n) is 4.16. The van der Waals surface area contributed by atoms with Gasteiger partial charge in [-0.15, -0.1) is 0 Å². The molecular formula is C15H22IO5-. The van der Waals surface area contributed by atoms with Crippen LogP contribution in [-0.4, -0.2) is 46.2 Å². The summed E-state index contributed by atoms with van der Waals surface area (Å²) in [7, 11) is 0. The van der Waals surface area contributed by atoms with Gasteiger partial charge in [0.1, 0.15) is 0 Å². The van der Waals surface area contributed by atoms with Crippen LogP contribution in [0.3, 0.4) is 0 Å². The molecule has 1 heterocycles. The van der Waals surface area contributed by atoms with Crippen LogP contribution in [0.25, 0.3) is 0 Å². The Hall–Kier alpha value is -0.370. The van der Waals surface area contributed by atoms with E-state index in [0.29, 0.717) is 13.2 Å². The zero-order valence-corrected chi connectivity index (χ0v) is 14.7. The predicted octanol–water partition coefficient (Wildman–Crippen LogP) is -2.15. The fraction of sp³-hybridized carbons (Fsp3) is 0.867. The van der Waals surface area contributed by atoms with E-state index < -0.39 is 0 Å². The number of fused-ring (bicyclic) bond motifs is 5. The van der Waals surface area contributed by atoms with E-state index in [9.17, 15) is 9.59 Å². The first kappa shape index (κ1) is 15.5. The van der Waals surface area contributed by atoms with Gasteiger partial charge in [-0.3, -0.25) is 0 Å². The van der Waals surface area contributed by atoms with Gasteiger partial charge < -0.3 is 0 Å². The first-order chi connectivity index (χ1) is 10.1. The molecule has 0 radical (unpaired) electrons. The Morgan fingerprint density at radius 2 is 2.14 bits per heavy atom. The van der Waals surface area contributed by atoms with Crippen molar-refractivity contribution in [3.8, 4) is 0 Å². The Balaban J connectivity index is 1.77. The van der Waals surface area contributed by atoms with E-state index in [1.807, 2.05) is 13.8 Å². The number of rotatable bonds is 5. The average molecular weight is 409 g/mol. The third-order valence-electron chi connectivity index (χ3n) is 5.14. The Morgan fingerprint density at radius 3 is 2.81 bits per heavy atom. The van der Waals surface area contributed by atoms with Gasteiger partial charge in [0.05, 0.1) is 0 Å². The van der Waals surface area contributed by atoms with Gasteiger partial charge in [0, 0.05) is 0 Å². The molecule has 6 heteroatoms. The second kappa shape index (κ2) is 6.02. The SMILES string of the molecule is CCOC1C2CC(C3COC(=O)C32)C1OC(=O)C(C)[I-]C. The van der Waals surface area contributed by atoms with Crippen molar-refractivity contribution in [2.24, 2.45) is 23.7 Å². The molecule has 0 aromatic carbocycles. The van der Waals surface area contributed by atoms with E-state index in [1.165, 1.54) is 0 Å². The van der Waals surface area contributed by atoms with Crippen molar-refractivity contribution in [1.82, 2.24) is 0 Å². The minimum atomic E-state index is -0.198. The number of hydrogen-bond donors (Lipinski definition) is 0. The quantitative estimate of drug-likeness (QED) is 0.295. The van der Waals surface area contributed by atoms with Crippen LogP contribution in [0.2, 0.25) is 0 Å². The van der Waals surface area contributed by atoms with Crippen LogP contribution >= 0.6 is 0 Å². The topological polar surface area (TPSA) is 61.8 Å². The molecular weight excluding hydrogens is 387 g/mol. The standard InChI is InChI=1S/C15H22IO5/c1-4-19-12-9-5-8(10-6-20-15(18)11(9)10)13(12)21-14(17)7(2)16-3/h7-13H,4-6H2,1-3H3/q-1. The van der Waals surface area contributed by atoms with Crippen molar-refractivity contribution < 1.29 is 45.0 Å². The van der Waals surface area contributed by atoms with Crippen molar-refractivity contribution in [2.75, 3.05) is 18.1 Å². The van der Waals surface area contributed by atoms with E-state index in [1.54, 1.807) is 0 Å². The first-order valence-corrected chi connectivity index (χ1v) is 11.0. The molecule has 1 aliphatic heterocycles. The summed E-state index contributed by atoms with van der Waals surface area (Å²) in [5.41, 5.74) is 0. The number of halogens is 1. The van der Waals surface area contributed by atoms with Crippen LogP contribution in [-0.2, 0) is 23.8 Å². The van der Waals surface area contributed by atoms with Crippen LogP contribution in [0, 0.1) is 23.7 Å². The third-order valence-corrected chi connectivity index (χ3v) is 7.52. The monoisotopic (exact) mass is 409 g/mol. The molecule has 0 N–H and O–H groups in total. The molecule has 7 unspecified atom stereocenters. The predicted molar refractivity (Wildman–Crippen MR) is 70.2 cm³/mol. The molecule has 3 rings (SSSR count). The van der Waals surface area contributed by atoms with Gasteiger partial charge in [-0.25, -0.2) is 0 Å². The Labute approximate surface area is 135 Å². The van der Waals surface area contributed by atoms with Crippen LogP contribution < -0.4 is 21.2 Å². The average Bonchev–Trinajstić information content (AvgIpc) is 3.12. The third kappa shape index (κ3) is 2.48. The van der Waals surface area contributed by atoms with Crippen molar-refractivity contribution >= 4 is 11.9 Å². The molecule has 21 heavy (non-hydrogen) atoms. The van der Waals surface area contributed by atoms with Crippen LogP contribution in [0.5, 0.6) is 0 Å². The van der Waals surface area contributed by atoms with E-state index in [4.69, 9.17) is 14.2 Å². The van der Waals surface area contributed by atoms with Gasteiger partial charge >= 0.3 is 135 Å². The Kier molecular flexibility index (Phi) is 4.45. The molecule has 0 amide bonds. The van der Waals surface area contributed by atoms with Gasteiger partial charge in [0.25, 0.3) is 0 Å². The normalized spacial score (nSPS) is 42.0.